The fraction of sp³-hybridized carbons (Fsp3) is 0.577. The van der Waals surface area contributed by atoms with Gasteiger partial charge in [0.25, 0.3) is 5.91 Å². The summed E-state index contributed by atoms with van der Waals surface area (Å²) in [5.74, 6) is -3.01. The number of hydrogen-bond donors (Lipinski definition) is 2. The summed E-state index contributed by atoms with van der Waals surface area (Å²) in [5.41, 5.74) is -1.53. The molecule has 0 saturated carbocycles. The molecule has 0 aromatic heterocycles. The molecule has 3 fully saturated rings. The van der Waals surface area contributed by atoms with Crippen molar-refractivity contribution in [3.8, 4) is 5.75 Å². The largest absolute Gasteiger partial charge is 0.497 e. The summed E-state index contributed by atoms with van der Waals surface area (Å²) in [4.78, 5) is 43.5. The molecule has 2 N–H and O–H groups in total. The summed E-state index contributed by atoms with van der Waals surface area (Å²) in [5, 5.41) is 19.4. The highest BCUT2D eigenvalue weighted by molar-refractivity contribution is 6.04. The fourth-order valence-electron chi connectivity index (χ4n) is 6.37. The number of nitrogens with zero attached hydrogens (tertiary/aromatic N) is 2. The summed E-state index contributed by atoms with van der Waals surface area (Å²) < 4.78 is 11.8. The van der Waals surface area contributed by atoms with Crippen molar-refractivity contribution in [3.05, 3.63) is 36.9 Å². The van der Waals surface area contributed by atoms with E-state index in [0.29, 0.717) is 43.5 Å². The van der Waals surface area contributed by atoms with Gasteiger partial charge in [0.05, 0.1) is 18.6 Å². The Morgan fingerprint density at radius 1 is 1.29 bits per heavy atom. The van der Waals surface area contributed by atoms with E-state index in [4.69, 9.17) is 9.47 Å². The number of aliphatic hydroxyl groups excluding tert-OH is 1. The number of carbonyl (C=O) groups is 3. The average Bonchev–Trinajstić information content (AvgIpc) is 3.46. The molecule has 190 valence electrons. The SMILES string of the molecule is C=CCN(C(=O)C1N(CCCCO)C(=O)[C@@H]2[C@H](C(=O)O)[C@]3(CC)CCC12O3)c1ccc(OC)cc1. The molecule has 3 saturated heterocycles. The third-order valence-corrected chi connectivity index (χ3v) is 7.95. The highest BCUT2D eigenvalue weighted by Crippen LogP contribution is 2.64. The Hall–Kier alpha value is -2.91. The van der Waals surface area contributed by atoms with Crippen molar-refractivity contribution >= 4 is 23.5 Å². The number of carboxylic acids is 1. The Morgan fingerprint density at radius 3 is 2.57 bits per heavy atom. The lowest BCUT2D eigenvalue weighted by atomic mass is 9.65. The molecular weight excluding hydrogens is 452 g/mol. The Labute approximate surface area is 205 Å². The van der Waals surface area contributed by atoms with Gasteiger partial charge in [0.15, 0.2) is 0 Å². The van der Waals surface area contributed by atoms with Crippen molar-refractivity contribution in [1.29, 1.82) is 0 Å². The van der Waals surface area contributed by atoms with Gasteiger partial charge in [0, 0.05) is 25.4 Å². The van der Waals surface area contributed by atoms with E-state index in [-0.39, 0.29) is 31.5 Å². The van der Waals surface area contributed by atoms with Crippen molar-refractivity contribution < 1.29 is 34.1 Å². The van der Waals surface area contributed by atoms with E-state index in [1.54, 1.807) is 42.4 Å². The van der Waals surface area contributed by atoms with E-state index in [0.717, 1.165) is 0 Å². The minimum absolute atomic E-state index is 0.0309. The number of amides is 2. The predicted octanol–water partition coefficient (Wildman–Crippen LogP) is 2.23. The zero-order valence-corrected chi connectivity index (χ0v) is 20.3. The van der Waals surface area contributed by atoms with E-state index in [1.165, 1.54) is 4.90 Å². The van der Waals surface area contributed by atoms with Gasteiger partial charge >= 0.3 is 5.97 Å². The first-order valence-corrected chi connectivity index (χ1v) is 12.2. The van der Waals surface area contributed by atoms with E-state index < -0.39 is 35.0 Å². The molecule has 0 aliphatic carbocycles. The second kappa shape index (κ2) is 9.62. The maximum atomic E-state index is 14.2. The zero-order valence-electron chi connectivity index (χ0n) is 20.3. The lowest BCUT2D eigenvalue weighted by Gasteiger charge is -2.37. The highest BCUT2D eigenvalue weighted by Gasteiger charge is 2.79. The number of methoxy groups -OCH3 is 1. The van der Waals surface area contributed by atoms with Crippen LogP contribution in [0.2, 0.25) is 0 Å². The van der Waals surface area contributed by atoms with Gasteiger partial charge in [-0.15, -0.1) is 6.58 Å². The molecule has 2 unspecified atom stereocenters. The van der Waals surface area contributed by atoms with Crippen LogP contribution >= 0.6 is 0 Å². The first-order chi connectivity index (χ1) is 16.8. The number of rotatable bonds is 11. The third-order valence-electron chi connectivity index (χ3n) is 7.95. The summed E-state index contributed by atoms with van der Waals surface area (Å²) in [6, 6.07) is 6.08. The number of aliphatic hydroxyl groups is 1. The van der Waals surface area contributed by atoms with Gasteiger partial charge in [0.2, 0.25) is 5.91 Å². The molecule has 5 atom stereocenters. The smallest absolute Gasteiger partial charge is 0.310 e. The zero-order chi connectivity index (χ0) is 25.4. The van der Waals surface area contributed by atoms with Crippen LogP contribution in [0.15, 0.2) is 36.9 Å². The Balaban J connectivity index is 1.78. The molecule has 3 aliphatic heterocycles. The number of unbranched alkanes of at least 4 members (excludes halogenated alkanes) is 1. The number of anilines is 1. The van der Waals surface area contributed by atoms with Crippen LogP contribution in [0.1, 0.15) is 39.0 Å². The van der Waals surface area contributed by atoms with Gasteiger partial charge in [-0.1, -0.05) is 13.0 Å². The third kappa shape index (κ3) is 3.81. The van der Waals surface area contributed by atoms with Crippen molar-refractivity contribution in [2.24, 2.45) is 11.8 Å². The Bertz CT molecular complexity index is 996. The average molecular weight is 487 g/mol. The van der Waals surface area contributed by atoms with Crippen LogP contribution in [0, 0.1) is 11.8 Å². The molecule has 3 aliphatic rings. The van der Waals surface area contributed by atoms with Crippen molar-refractivity contribution in [2.75, 3.05) is 31.7 Å². The van der Waals surface area contributed by atoms with Crippen LogP contribution in [-0.4, -0.2) is 76.9 Å². The van der Waals surface area contributed by atoms with Gasteiger partial charge < -0.3 is 29.5 Å². The molecule has 1 spiro atoms. The van der Waals surface area contributed by atoms with E-state index in [2.05, 4.69) is 6.58 Å². The van der Waals surface area contributed by atoms with Gasteiger partial charge in [0.1, 0.15) is 23.3 Å². The van der Waals surface area contributed by atoms with E-state index in [9.17, 15) is 24.6 Å². The topological polar surface area (TPSA) is 117 Å². The lowest BCUT2D eigenvalue weighted by molar-refractivity contribution is -0.155. The first kappa shape index (κ1) is 25.2. The van der Waals surface area contributed by atoms with Gasteiger partial charge in [-0.2, -0.15) is 0 Å². The molecule has 1 aromatic carbocycles. The predicted molar refractivity (Wildman–Crippen MR) is 128 cm³/mol. The van der Waals surface area contributed by atoms with Gasteiger partial charge in [-0.3, -0.25) is 14.4 Å². The number of ether oxygens (including phenoxy) is 2. The van der Waals surface area contributed by atoms with Crippen LogP contribution in [0.4, 0.5) is 5.69 Å². The summed E-state index contributed by atoms with van der Waals surface area (Å²) in [6.07, 6.45) is 3.97. The number of benzene rings is 1. The molecule has 2 amide bonds. The van der Waals surface area contributed by atoms with Crippen molar-refractivity contribution in [3.63, 3.8) is 0 Å². The van der Waals surface area contributed by atoms with Crippen molar-refractivity contribution in [1.82, 2.24) is 4.90 Å². The molecule has 0 radical (unpaired) electrons. The fourth-order valence-corrected chi connectivity index (χ4v) is 6.37. The highest BCUT2D eigenvalue weighted by atomic mass is 16.5. The molecule has 3 heterocycles. The molecule has 35 heavy (non-hydrogen) atoms. The van der Waals surface area contributed by atoms with E-state index >= 15 is 0 Å². The van der Waals surface area contributed by atoms with Gasteiger partial charge in [-0.25, -0.2) is 0 Å². The number of fused-ring (bicyclic) bond motifs is 1. The van der Waals surface area contributed by atoms with Crippen molar-refractivity contribution in [2.45, 2.75) is 56.3 Å². The van der Waals surface area contributed by atoms with Crippen LogP contribution in [-0.2, 0) is 19.1 Å². The normalized spacial score (nSPS) is 30.9. The minimum Gasteiger partial charge on any atom is -0.497 e. The van der Waals surface area contributed by atoms with Gasteiger partial charge in [-0.05, 0) is 56.4 Å². The van der Waals surface area contributed by atoms with Crippen LogP contribution < -0.4 is 9.64 Å². The maximum Gasteiger partial charge on any atom is 0.310 e. The molecule has 9 heteroatoms. The minimum atomic E-state index is -1.20. The molecule has 9 nitrogen and oxygen atoms in total. The first-order valence-electron chi connectivity index (χ1n) is 12.2. The second-order valence-electron chi connectivity index (χ2n) is 9.57. The standard InChI is InChI=1S/C26H34N2O7/c1-4-14-27(17-8-10-18(34-3)11-9-17)23(31)21-26-13-12-25(5-2,35-26)20(24(32)33)19(26)22(30)28(21)15-6-7-16-29/h4,8-11,19-21,29H,1,5-7,12-16H2,2-3H3,(H,32,33)/t19-,20+,21?,25-,26?/m0/s1. The number of carboxylic acid groups (broad SMARTS) is 1. The molecule has 2 bridgehead atoms. The monoisotopic (exact) mass is 486 g/mol. The quantitative estimate of drug-likeness (QED) is 0.364. The number of aliphatic carboxylic acids is 1. The number of likely N-dealkylation sites (tertiary alicyclic amines) is 1. The Kier molecular flexibility index (Phi) is 6.92. The maximum absolute atomic E-state index is 14.2. The summed E-state index contributed by atoms with van der Waals surface area (Å²) >= 11 is 0. The molecular formula is C26H34N2O7. The number of hydrogen-bond acceptors (Lipinski definition) is 6. The lowest BCUT2D eigenvalue weighted by Crippen LogP contribution is -2.56. The Morgan fingerprint density at radius 2 is 2.00 bits per heavy atom. The van der Waals surface area contributed by atoms with Crippen LogP contribution in [0.25, 0.3) is 0 Å². The van der Waals surface area contributed by atoms with Crippen LogP contribution in [0.5, 0.6) is 5.75 Å². The van der Waals surface area contributed by atoms with Crippen LogP contribution in [0.3, 0.4) is 0 Å². The number of carbonyl (C=O) groups excluding carboxylic acids is 2. The molecule has 1 aromatic rings. The van der Waals surface area contributed by atoms with E-state index in [1.807, 2.05) is 6.92 Å². The molecule has 4 rings (SSSR count). The summed E-state index contributed by atoms with van der Waals surface area (Å²) in [7, 11) is 1.56. The summed E-state index contributed by atoms with van der Waals surface area (Å²) in [6.45, 7) is 6.10. The second-order valence-corrected chi connectivity index (χ2v) is 9.57.